The number of rotatable bonds is 5. The van der Waals surface area contributed by atoms with Crippen LogP contribution in [0.25, 0.3) is 16.9 Å². The number of carboxylic acid groups (broad SMARTS) is 1. The van der Waals surface area contributed by atoms with Crippen molar-refractivity contribution in [3.63, 3.8) is 0 Å². The largest absolute Gasteiger partial charge is 0.478 e. The van der Waals surface area contributed by atoms with Crippen LogP contribution < -0.4 is 5.32 Å². The van der Waals surface area contributed by atoms with Crippen LogP contribution in [0.15, 0.2) is 48.7 Å². The van der Waals surface area contributed by atoms with Crippen LogP contribution in [0.3, 0.4) is 0 Å². The second-order valence-corrected chi connectivity index (χ2v) is 7.59. The van der Waals surface area contributed by atoms with Crippen molar-refractivity contribution in [2.75, 3.05) is 5.32 Å². The topological polar surface area (TPSA) is 92.9 Å². The molecule has 0 saturated heterocycles. The Labute approximate surface area is 177 Å². The first kappa shape index (κ1) is 19.2. The van der Waals surface area contributed by atoms with Crippen LogP contribution in [0.4, 0.5) is 10.2 Å². The summed E-state index contributed by atoms with van der Waals surface area (Å²) in [6, 6.07) is 11.5. The summed E-state index contributed by atoms with van der Waals surface area (Å²) in [5, 5.41) is 17.7. The maximum Gasteiger partial charge on any atom is 0.336 e. The number of halogens is 1. The van der Waals surface area contributed by atoms with E-state index in [9.17, 15) is 14.3 Å². The van der Waals surface area contributed by atoms with Crippen LogP contribution in [0.1, 0.15) is 40.0 Å². The van der Waals surface area contributed by atoms with Gasteiger partial charge < -0.3 is 10.4 Å². The average Bonchev–Trinajstić information content (AvgIpc) is 3.21. The number of nitrogens with one attached hydrogen (secondary N) is 1. The Morgan fingerprint density at radius 3 is 2.81 bits per heavy atom. The molecule has 0 fully saturated rings. The van der Waals surface area contributed by atoms with Gasteiger partial charge in [0, 0.05) is 17.5 Å². The summed E-state index contributed by atoms with van der Waals surface area (Å²) < 4.78 is 15.1. The molecule has 2 aromatic carbocycles. The lowest BCUT2D eigenvalue weighted by atomic mass is 9.96. The summed E-state index contributed by atoms with van der Waals surface area (Å²) >= 11 is 0. The molecule has 156 valence electrons. The van der Waals surface area contributed by atoms with Crippen molar-refractivity contribution in [3.8, 4) is 5.95 Å². The molecule has 1 aliphatic carbocycles. The highest BCUT2D eigenvalue weighted by Gasteiger charge is 2.20. The Hall–Kier alpha value is -3.81. The molecular formula is C23H20FN5O2. The van der Waals surface area contributed by atoms with E-state index in [1.807, 2.05) is 6.07 Å². The third-order valence-corrected chi connectivity index (χ3v) is 5.55. The van der Waals surface area contributed by atoms with Gasteiger partial charge in [0.2, 0.25) is 0 Å². The Balaban J connectivity index is 1.57. The molecule has 2 N–H and O–H groups in total. The summed E-state index contributed by atoms with van der Waals surface area (Å²) in [6.07, 6.45) is 5.37. The van der Waals surface area contributed by atoms with E-state index in [-0.39, 0.29) is 11.4 Å². The Morgan fingerprint density at radius 1 is 1.13 bits per heavy atom. The molecule has 2 heterocycles. The number of carbonyl (C=O) groups is 1. The van der Waals surface area contributed by atoms with E-state index < -0.39 is 5.97 Å². The summed E-state index contributed by atoms with van der Waals surface area (Å²) in [5.41, 5.74) is 3.68. The highest BCUT2D eigenvalue weighted by Crippen LogP contribution is 2.28. The van der Waals surface area contributed by atoms with Crippen molar-refractivity contribution in [2.24, 2.45) is 0 Å². The van der Waals surface area contributed by atoms with Crippen molar-refractivity contribution in [1.29, 1.82) is 0 Å². The Bertz CT molecular complexity index is 1300. The SMILES string of the molecule is O=C(O)c1cccc2c1cnn2-c1nc2c(c(NCc3cccc(F)c3)n1)CCCC2. The van der Waals surface area contributed by atoms with E-state index in [0.717, 1.165) is 42.5 Å². The molecule has 0 spiro atoms. The second-order valence-electron chi connectivity index (χ2n) is 7.59. The van der Waals surface area contributed by atoms with E-state index >= 15 is 0 Å². The fraction of sp³-hybridized carbons (Fsp3) is 0.217. The summed E-state index contributed by atoms with van der Waals surface area (Å²) in [6.45, 7) is 0.434. The van der Waals surface area contributed by atoms with E-state index in [0.29, 0.717) is 29.2 Å². The van der Waals surface area contributed by atoms with Gasteiger partial charge in [0.05, 0.1) is 23.0 Å². The lowest BCUT2D eigenvalue weighted by Crippen LogP contribution is -2.16. The van der Waals surface area contributed by atoms with Crippen LogP contribution >= 0.6 is 0 Å². The van der Waals surface area contributed by atoms with Crippen LogP contribution in [-0.4, -0.2) is 30.8 Å². The minimum absolute atomic E-state index is 0.186. The third-order valence-electron chi connectivity index (χ3n) is 5.55. The number of hydrogen-bond acceptors (Lipinski definition) is 5. The van der Waals surface area contributed by atoms with E-state index in [1.54, 1.807) is 28.9 Å². The van der Waals surface area contributed by atoms with Gasteiger partial charge in [-0.05, 0) is 55.5 Å². The summed E-state index contributed by atoms with van der Waals surface area (Å²) in [5.74, 6) is -0.183. The zero-order valence-electron chi connectivity index (χ0n) is 16.7. The molecule has 0 bridgehead atoms. The number of anilines is 1. The van der Waals surface area contributed by atoms with Crippen LogP contribution in [0.5, 0.6) is 0 Å². The Morgan fingerprint density at radius 2 is 1.97 bits per heavy atom. The molecule has 0 unspecified atom stereocenters. The molecule has 2 aromatic heterocycles. The van der Waals surface area contributed by atoms with Crippen LogP contribution in [0, 0.1) is 5.82 Å². The number of hydrogen-bond donors (Lipinski definition) is 2. The number of nitrogens with zero attached hydrogens (tertiary/aromatic N) is 4. The minimum atomic E-state index is -1.01. The van der Waals surface area contributed by atoms with Crippen molar-refractivity contribution >= 4 is 22.7 Å². The van der Waals surface area contributed by atoms with Gasteiger partial charge in [0.1, 0.15) is 11.6 Å². The number of aromatic carboxylic acids is 1. The zero-order chi connectivity index (χ0) is 21.4. The first-order valence-electron chi connectivity index (χ1n) is 10.2. The van der Waals surface area contributed by atoms with E-state index in [1.165, 1.54) is 18.3 Å². The molecule has 1 aliphatic rings. The average molecular weight is 417 g/mol. The van der Waals surface area contributed by atoms with Gasteiger partial charge in [0.25, 0.3) is 5.95 Å². The Kier molecular flexibility index (Phi) is 4.82. The highest BCUT2D eigenvalue weighted by molar-refractivity contribution is 6.02. The molecular weight excluding hydrogens is 397 g/mol. The number of fused-ring (bicyclic) bond motifs is 2. The molecule has 0 atom stereocenters. The smallest absolute Gasteiger partial charge is 0.336 e. The fourth-order valence-electron chi connectivity index (χ4n) is 4.05. The first-order valence-corrected chi connectivity index (χ1v) is 10.2. The number of benzene rings is 2. The first-order chi connectivity index (χ1) is 15.1. The normalized spacial score (nSPS) is 13.2. The van der Waals surface area contributed by atoms with Crippen molar-refractivity contribution < 1.29 is 14.3 Å². The molecule has 4 aromatic rings. The number of aryl methyl sites for hydroxylation is 1. The van der Waals surface area contributed by atoms with Crippen molar-refractivity contribution in [2.45, 2.75) is 32.2 Å². The number of carboxylic acids is 1. The third kappa shape index (κ3) is 3.61. The lowest BCUT2D eigenvalue weighted by Gasteiger charge is -2.20. The molecule has 0 amide bonds. The molecule has 5 rings (SSSR count). The van der Waals surface area contributed by atoms with Crippen molar-refractivity contribution in [1.82, 2.24) is 19.7 Å². The van der Waals surface area contributed by atoms with Gasteiger partial charge in [-0.3, -0.25) is 0 Å². The summed E-state index contributed by atoms with van der Waals surface area (Å²) in [4.78, 5) is 21.0. The van der Waals surface area contributed by atoms with Crippen molar-refractivity contribution in [3.05, 3.63) is 76.9 Å². The highest BCUT2D eigenvalue weighted by atomic mass is 19.1. The molecule has 0 saturated carbocycles. The van der Waals surface area contributed by atoms with Gasteiger partial charge in [-0.1, -0.05) is 18.2 Å². The van der Waals surface area contributed by atoms with Crippen LogP contribution in [0.2, 0.25) is 0 Å². The fourth-order valence-corrected chi connectivity index (χ4v) is 4.05. The minimum Gasteiger partial charge on any atom is -0.478 e. The molecule has 7 nitrogen and oxygen atoms in total. The summed E-state index contributed by atoms with van der Waals surface area (Å²) in [7, 11) is 0. The van der Waals surface area contributed by atoms with Crippen LogP contribution in [-0.2, 0) is 19.4 Å². The van der Waals surface area contributed by atoms with Gasteiger partial charge in [-0.25, -0.2) is 14.2 Å². The van der Waals surface area contributed by atoms with Gasteiger partial charge in [-0.2, -0.15) is 14.8 Å². The van der Waals surface area contributed by atoms with Gasteiger partial charge in [0.15, 0.2) is 0 Å². The monoisotopic (exact) mass is 417 g/mol. The standard InChI is InChI=1S/C23H20FN5O2/c24-15-6-3-5-14(11-15)12-25-21-17-7-1-2-9-19(17)27-23(28-21)29-20-10-4-8-16(22(30)31)18(20)13-26-29/h3-6,8,10-11,13H,1-2,7,9,12H2,(H,30,31)(H,25,27,28). The second kappa shape index (κ2) is 7.79. The zero-order valence-corrected chi connectivity index (χ0v) is 16.7. The maximum absolute atomic E-state index is 13.5. The van der Waals surface area contributed by atoms with Gasteiger partial charge in [-0.15, -0.1) is 0 Å². The van der Waals surface area contributed by atoms with E-state index in [4.69, 9.17) is 9.97 Å². The maximum atomic E-state index is 13.5. The predicted octanol–water partition coefficient (Wildman–Crippen LogP) is 4.14. The molecule has 31 heavy (non-hydrogen) atoms. The predicted molar refractivity (Wildman–Crippen MR) is 114 cm³/mol. The number of aromatic nitrogens is 4. The molecule has 8 heteroatoms. The van der Waals surface area contributed by atoms with E-state index in [2.05, 4.69) is 10.4 Å². The quantitative estimate of drug-likeness (QED) is 0.507. The lowest BCUT2D eigenvalue weighted by molar-refractivity contribution is 0.0699. The molecule has 0 radical (unpaired) electrons. The van der Waals surface area contributed by atoms with Gasteiger partial charge >= 0.3 is 5.97 Å². The molecule has 0 aliphatic heterocycles.